The summed E-state index contributed by atoms with van der Waals surface area (Å²) in [7, 11) is 0. The van der Waals surface area contributed by atoms with E-state index in [-0.39, 0.29) is 0 Å². The normalized spacial score (nSPS) is 18.1. The van der Waals surface area contributed by atoms with Crippen LogP contribution in [0.25, 0.3) is 0 Å². The molecule has 0 aliphatic heterocycles. The first-order chi connectivity index (χ1) is 6.84. The highest BCUT2D eigenvalue weighted by Gasteiger charge is 2.14. The quantitative estimate of drug-likeness (QED) is 0.755. The van der Waals surface area contributed by atoms with Crippen LogP contribution in [0.4, 0.5) is 0 Å². The van der Waals surface area contributed by atoms with Gasteiger partial charge in [-0.1, -0.05) is 6.42 Å². The van der Waals surface area contributed by atoms with Crippen molar-refractivity contribution in [2.24, 2.45) is 0 Å². The number of ether oxygens (including phenoxy) is 1. The van der Waals surface area contributed by atoms with Gasteiger partial charge in [-0.05, 0) is 47.7 Å². The van der Waals surface area contributed by atoms with Crippen molar-refractivity contribution in [2.75, 3.05) is 0 Å². The molecular formula is C11H14BrNO. The molecule has 0 spiro atoms. The van der Waals surface area contributed by atoms with E-state index in [1.807, 2.05) is 12.1 Å². The molecule has 1 aromatic heterocycles. The molecule has 2 rings (SSSR count). The largest absolute Gasteiger partial charge is 0.490 e. The summed E-state index contributed by atoms with van der Waals surface area (Å²) in [5.41, 5.74) is 0. The zero-order valence-corrected chi connectivity index (χ0v) is 9.66. The lowest BCUT2D eigenvalue weighted by Crippen LogP contribution is -2.19. The van der Waals surface area contributed by atoms with Crippen molar-refractivity contribution in [1.29, 1.82) is 0 Å². The van der Waals surface area contributed by atoms with Gasteiger partial charge in [0.1, 0.15) is 10.4 Å². The molecule has 14 heavy (non-hydrogen) atoms. The van der Waals surface area contributed by atoms with E-state index in [0.717, 1.165) is 10.4 Å². The predicted octanol–water partition coefficient (Wildman–Crippen LogP) is 3.56. The minimum absolute atomic E-state index is 0.415. The molecule has 0 aromatic carbocycles. The van der Waals surface area contributed by atoms with E-state index in [2.05, 4.69) is 20.9 Å². The van der Waals surface area contributed by atoms with Crippen molar-refractivity contribution in [3.63, 3.8) is 0 Å². The van der Waals surface area contributed by atoms with Gasteiger partial charge < -0.3 is 4.74 Å². The Kier molecular flexibility index (Phi) is 3.40. The van der Waals surface area contributed by atoms with E-state index < -0.39 is 0 Å². The molecule has 1 aromatic rings. The fourth-order valence-electron chi connectivity index (χ4n) is 1.83. The first-order valence-corrected chi connectivity index (χ1v) is 5.92. The summed E-state index contributed by atoms with van der Waals surface area (Å²) in [6, 6.07) is 3.84. The first kappa shape index (κ1) is 9.97. The van der Waals surface area contributed by atoms with Crippen LogP contribution in [0.2, 0.25) is 0 Å². The van der Waals surface area contributed by atoms with Crippen molar-refractivity contribution in [1.82, 2.24) is 4.98 Å². The monoisotopic (exact) mass is 255 g/mol. The van der Waals surface area contributed by atoms with Crippen LogP contribution in [0, 0.1) is 0 Å². The van der Waals surface area contributed by atoms with Gasteiger partial charge in [0.25, 0.3) is 0 Å². The lowest BCUT2D eigenvalue weighted by Gasteiger charge is -2.22. The van der Waals surface area contributed by atoms with Gasteiger partial charge in [0.2, 0.25) is 0 Å². The second kappa shape index (κ2) is 4.78. The Morgan fingerprint density at radius 1 is 1.29 bits per heavy atom. The molecule has 1 saturated carbocycles. The van der Waals surface area contributed by atoms with Crippen molar-refractivity contribution in [2.45, 2.75) is 38.2 Å². The van der Waals surface area contributed by atoms with Crippen LogP contribution in [0.5, 0.6) is 5.75 Å². The number of hydrogen-bond donors (Lipinski definition) is 0. The molecule has 76 valence electrons. The number of nitrogens with zero attached hydrogens (tertiary/aromatic N) is 1. The Bertz CT molecular complexity index is 297. The lowest BCUT2D eigenvalue weighted by atomic mass is 9.98. The van der Waals surface area contributed by atoms with Gasteiger partial charge in [-0.15, -0.1) is 0 Å². The van der Waals surface area contributed by atoms with Crippen molar-refractivity contribution >= 4 is 15.9 Å². The zero-order valence-electron chi connectivity index (χ0n) is 8.08. The smallest absolute Gasteiger partial charge is 0.123 e. The van der Waals surface area contributed by atoms with Crippen molar-refractivity contribution in [3.8, 4) is 5.75 Å². The highest BCUT2D eigenvalue weighted by molar-refractivity contribution is 9.10. The van der Waals surface area contributed by atoms with E-state index in [4.69, 9.17) is 4.74 Å². The lowest BCUT2D eigenvalue weighted by molar-refractivity contribution is 0.155. The Balaban J connectivity index is 1.95. The molecule has 0 N–H and O–H groups in total. The summed E-state index contributed by atoms with van der Waals surface area (Å²) in [6.07, 6.45) is 8.54. The van der Waals surface area contributed by atoms with Gasteiger partial charge in [-0.25, -0.2) is 4.98 Å². The van der Waals surface area contributed by atoms with E-state index in [1.165, 1.54) is 32.1 Å². The van der Waals surface area contributed by atoms with Gasteiger partial charge >= 0.3 is 0 Å². The fourth-order valence-corrected chi connectivity index (χ4v) is 2.18. The van der Waals surface area contributed by atoms with Gasteiger partial charge in [-0.2, -0.15) is 0 Å². The van der Waals surface area contributed by atoms with E-state index >= 15 is 0 Å². The van der Waals surface area contributed by atoms with Crippen LogP contribution in [0.15, 0.2) is 22.9 Å². The zero-order chi connectivity index (χ0) is 9.80. The van der Waals surface area contributed by atoms with Gasteiger partial charge in [-0.3, -0.25) is 0 Å². The number of rotatable bonds is 2. The maximum absolute atomic E-state index is 5.87. The van der Waals surface area contributed by atoms with E-state index in [9.17, 15) is 0 Å². The van der Waals surface area contributed by atoms with Crippen LogP contribution < -0.4 is 4.74 Å². The van der Waals surface area contributed by atoms with Crippen LogP contribution in [0.3, 0.4) is 0 Å². The third-order valence-electron chi connectivity index (χ3n) is 2.55. The van der Waals surface area contributed by atoms with E-state index in [0.29, 0.717) is 6.10 Å². The molecule has 2 nitrogen and oxygen atoms in total. The summed E-state index contributed by atoms with van der Waals surface area (Å²) >= 11 is 3.34. The number of hydrogen-bond acceptors (Lipinski definition) is 2. The van der Waals surface area contributed by atoms with Crippen molar-refractivity contribution in [3.05, 3.63) is 22.9 Å². The van der Waals surface area contributed by atoms with Crippen molar-refractivity contribution < 1.29 is 4.74 Å². The molecule has 0 unspecified atom stereocenters. The predicted molar refractivity (Wildman–Crippen MR) is 59.4 cm³/mol. The number of pyridine rings is 1. The molecule has 0 atom stereocenters. The summed E-state index contributed by atoms with van der Waals surface area (Å²) in [5, 5.41) is 0. The summed E-state index contributed by atoms with van der Waals surface area (Å²) in [6.45, 7) is 0. The average Bonchev–Trinajstić information content (AvgIpc) is 2.19. The molecule has 1 heterocycles. The molecule has 0 amide bonds. The standard InChI is InChI=1S/C11H14BrNO/c12-11-8-10(6-7-13-11)14-9-4-2-1-3-5-9/h6-9H,1-5H2. The fraction of sp³-hybridized carbons (Fsp3) is 0.545. The van der Waals surface area contributed by atoms with Crippen LogP contribution >= 0.6 is 15.9 Å². The van der Waals surface area contributed by atoms with Crippen LogP contribution in [0.1, 0.15) is 32.1 Å². The van der Waals surface area contributed by atoms with Crippen LogP contribution in [-0.4, -0.2) is 11.1 Å². The molecule has 0 radical (unpaired) electrons. The molecule has 1 fully saturated rings. The summed E-state index contributed by atoms with van der Waals surface area (Å²) < 4.78 is 6.70. The minimum Gasteiger partial charge on any atom is -0.490 e. The number of halogens is 1. The molecule has 1 aliphatic rings. The molecule has 3 heteroatoms. The Labute approximate surface area is 92.8 Å². The molecule has 1 aliphatic carbocycles. The highest BCUT2D eigenvalue weighted by Crippen LogP contribution is 2.24. The van der Waals surface area contributed by atoms with Gasteiger partial charge in [0.05, 0.1) is 6.10 Å². The van der Waals surface area contributed by atoms with Gasteiger partial charge in [0, 0.05) is 12.3 Å². The van der Waals surface area contributed by atoms with Crippen LogP contribution in [-0.2, 0) is 0 Å². The topological polar surface area (TPSA) is 22.1 Å². The highest BCUT2D eigenvalue weighted by atomic mass is 79.9. The Morgan fingerprint density at radius 2 is 2.07 bits per heavy atom. The second-order valence-corrected chi connectivity index (χ2v) is 4.50. The minimum atomic E-state index is 0.415. The summed E-state index contributed by atoms with van der Waals surface area (Å²) in [4.78, 5) is 4.07. The maximum Gasteiger partial charge on any atom is 0.123 e. The summed E-state index contributed by atoms with van der Waals surface area (Å²) in [5.74, 6) is 0.929. The molecular weight excluding hydrogens is 242 g/mol. The Morgan fingerprint density at radius 3 is 2.79 bits per heavy atom. The third-order valence-corrected chi connectivity index (χ3v) is 2.99. The number of aromatic nitrogens is 1. The second-order valence-electron chi connectivity index (χ2n) is 3.69. The maximum atomic E-state index is 5.87. The third kappa shape index (κ3) is 2.71. The van der Waals surface area contributed by atoms with Gasteiger partial charge in [0.15, 0.2) is 0 Å². The average molecular weight is 256 g/mol. The van der Waals surface area contributed by atoms with E-state index in [1.54, 1.807) is 6.20 Å². The molecule has 0 saturated heterocycles. The SMILES string of the molecule is Brc1cc(OC2CCCCC2)ccn1. The Hall–Kier alpha value is -0.570. The first-order valence-electron chi connectivity index (χ1n) is 5.13. The molecule has 0 bridgehead atoms.